The number of nitrogens with two attached hydrogens (primary N) is 1. The zero-order valence-corrected chi connectivity index (χ0v) is 11.4. The third-order valence-electron chi connectivity index (χ3n) is 3.03. The normalized spacial score (nSPS) is 14.4. The van der Waals surface area contributed by atoms with Crippen molar-refractivity contribution in [2.24, 2.45) is 11.8 Å². The summed E-state index contributed by atoms with van der Waals surface area (Å²) in [6.07, 6.45) is 2.27. The van der Waals surface area contributed by atoms with Crippen molar-refractivity contribution in [1.82, 2.24) is 5.43 Å². The van der Waals surface area contributed by atoms with Crippen LogP contribution in [0.5, 0.6) is 5.75 Å². The fraction of sp³-hybridized carbons (Fsp3) is 0.538. The zero-order valence-electron chi connectivity index (χ0n) is 10.7. The Labute approximate surface area is 108 Å². The molecule has 2 atom stereocenters. The van der Waals surface area contributed by atoms with Crippen LogP contribution in [0, 0.1) is 5.92 Å². The van der Waals surface area contributed by atoms with Crippen LogP contribution in [0.25, 0.3) is 0 Å². The molecule has 17 heavy (non-hydrogen) atoms. The van der Waals surface area contributed by atoms with Gasteiger partial charge in [-0.15, -0.1) is 0 Å². The second-order valence-electron chi connectivity index (χ2n) is 4.30. The van der Waals surface area contributed by atoms with Gasteiger partial charge in [0.15, 0.2) is 0 Å². The highest BCUT2D eigenvalue weighted by Crippen LogP contribution is 2.31. The van der Waals surface area contributed by atoms with Gasteiger partial charge in [0, 0.05) is 6.04 Å². The molecule has 0 aliphatic carbocycles. The second kappa shape index (κ2) is 6.84. The Morgan fingerprint density at radius 1 is 1.47 bits per heavy atom. The van der Waals surface area contributed by atoms with Gasteiger partial charge in [-0.2, -0.15) is 0 Å². The van der Waals surface area contributed by atoms with Gasteiger partial charge in [0.1, 0.15) is 5.75 Å². The molecule has 3 nitrogen and oxygen atoms in total. The van der Waals surface area contributed by atoms with E-state index < -0.39 is 0 Å². The number of hydrogen-bond acceptors (Lipinski definition) is 3. The Balaban J connectivity index is 2.95. The van der Waals surface area contributed by atoms with Gasteiger partial charge in [0.25, 0.3) is 0 Å². The van der Waals surface area contributed by atoms with Crippen molar-refractivity contribution in [2.45, 2.75) is 32.7 Å². The molecular formula is C13H21ClN2O. The lowest BCUT2D eigenvalue weighted by atomic mass is 9.91. The maximum absolute atomic E-state index is 6.01. The average Bonchev–Trinajstić information content (AvgIpc) is 2.32. The molecule has 0 fully saturated rings. The van der Waals surface area contributed by atoms with Crippen molar-refractivity contribution in [3.8, 4) is 5.75 Å². The molecule has 0 aliphatic heterocycles. The first kappa shape index (κ1) is 14.3. The molecule has 0 heterocycles. The Bertz CT molecular complexity index is 357. The standard InChI is InChI=1S/C13H21ClN2O/c1-4-5-9(2)13(16-15)10-6-7-11(14)12(8-10)17-3/h6-9,13,16H,4-5,15H2,1-3H3. The molecular weight excluding hydrogens is 236 g/mol. The predicted octanol–water partition coefficient (Wildman–Crippen LogP) is 3.29. The summed E-state index contributed by atoms with van der Waals surface area (Å²) >= 11 is 6.01. The minimum atomic E-state index is 0.126. The van der Waals surface area contributed by atoms with Crippen LogP contribution in [0.2, 0.25) is 5.02 Å². The molecule has 0 aromatic heterocycles. The van der Waals surface area contributed by atoms with Crippen molar-refractivity contribution < 1.29 is 4.74 Å². The lowest BCUT2D eigenvalue weighted by Crippen LogP contribution is -2.32. The van der Waals surface area contributed by atoms with Gasteiger partial charge < -0.3 is 4.74 Å². The van der Waals surface area contributed by atoms with Crippen LogP contribution in [0.1, 0.15) is 38.3 Å². The van der Waals surface area contributed by atoms with Crippen LogP contribution in [-0.2, 0) is 0 Å². The Hall–Kier alpha value is -0.770. The molecule has 0 spiro atoms. The fourth-order valence-electron chi connectivity index (χ4n) is 2.08. The van der Waals surface area contributed by atoms with Crippen LogP contribution >= 0.6 is 11.6 Å². The highest BCUT2D eigenvalue weighted by Gasteiger charge is 2.18. The van der Waals surface area contributed by atoms with E-state index in [1.807, 2.05) is 18.2 Å². The minimum Gasteiger partial charge on any atom is -0.495 e. The van der Waals surface area contributed by atoms with E-state index in [9.17, 15) is 0 Å². The number of hydrogen-bond donors (Lipinski definition) is 2. The summed E-state index contributed by atoms with van der Waals surface area (Å²) in [6, 6.07) is 5.90. The highest BCUT2D eigenvalue weighted by molar-refractivity contribution is 6.32. The summed E-state index contributed by atoms with van der Waals surface area (Å²) in [5.41, 5.74) is 3.98. The van der Waals surface area contributed by atoms with E-state index in [4.69, 9.17) is 22.2 Å². The van der Waals surface area contributed by atoms with Crippen LogP contribution in [-0.4, -0.2) is 7.11 Å². The van der Waals surface area contributed by atoms with E-state index >= 15 is 0 Å². The smallest absolute Gasteiger partial charge is 0.137 e. The molecule has 0 radical (unpaired) electrons. The van der Waals surface area contributed by atoms with Crippen LogP contribution in [0.15, 0.2) is 18.2 Å². The van der Waals surface area contributed by atoms with Gasteiger partial charge in [0.2, 0.25) is 0 Å². The zero-order chi connectivity index (χ0) is 12.8. The minimum absolute atomic E-state index is 0.126. The highest BCUT2D eigenvalue weighted by atomic mass is 35.5. The van der Waals surface area contributed by atoms with Crippen molar-refractivity contribution in [1.29, 1.82) is 0 Å². The van der Waals surface area contributed by atoms with Crippen molar-refractivity contribution in [3.05, 3.63) is 28.8 Å². The molecule has 1 rings (SSSR count). The summed E-state index contributed by atoms with van der Waals surface area (Å²) in [5.74, 6) is 6.80. The number of halogens is 1. The molecule has 1 aromatic rings. The van der Waals surface area contributed by atoms with E-state index in [0.717, 1.165) is 18.4 Å². The summed E-state index contributed by atoms with van der Waals surface area (Å²) < 4.78 is 5.22. The molecule has 2 unspecified atom stereocenters. The maximum Gasteiger partial charge on any atom is 0.137 e. The van der Waals surface area contributed by atoms with Gasteiger partial charge in [-0.05, 0) is 30.0 Å². The molecule has 4 heteroatoms. The van der Waals surface area contributed by atoms with E-state index in [2.05, 4.69) is 19.3 Å². The van der Waals surface area contributed by atoms with E-state index in [1.54, 1.807) is 7.11 Å². The molecule has 1 aromatic carbocycles. The number of benzene rings is 1. The third kappa shape index (κ3) is 3.60. The van der Waals surface area contributed by atoms with Gasteiger partial charge in [-0.1, -0.05) is 37.9 Å². The fourth-order valence-corrected chi connectivity index (χ4v) is 2.28. The molecule has 0 saturated heterocycles. The summed E-state index contributed by atoms with van der Waals surface area (Å²) in [6.45, 7) is 4.36. The number of ether oxygens (including phenoxy) is 1. The quantitative estimate of drug-likeness (QED) is 0.607. The van der Waals surface area contributed by atoms with Crippen LogP contribution in [0.3, 0.4) is 0 Å². The molecule has 0 amide bonds. The number of hydrazine groups is 1. The predicted molar refractivity (Wildman–Crippen MR) is 72.1 cm³/mol. The van der Waals surface area contributed by atoms with Gasteiger partial charge in [0.05, 0.1) is 12.1 Å². The molecule has 96 valence electrons. The van der Waals surface area contributed by atoms with Crippen molar-refractivity contribution >= 4 is 11.6 Å². The summed E-state index contributed by atoms with van der Waals surface area (Å²) in [7, 11) is 1.62. The summed E-state index contributed by atoms with van der Waals surface area (Å²) in [4.78, 5) is 0. The van der Waals surface area contributed by atoms with Gasteiger partial charge >= 0.3 is 0 Å². The average molecular weight is 257 g/mol. The lowest BCUT2D eigenvalue weighted by molar-refractivity contribution is 0.365. The molecule has 0 bridgehead atoms. The van der Waals surface area contributed by atoms with Gasteiger partial charge in [-0.25, -0.2) is 0 Å². The van der Waals surface area contributed by atoms with E-state index in [0.29, 0.717) is 16.7 Å². The van der Waals surface area contributed by atoms with Crippen LogP contribution in [0.4, 0.5) is 0 Å². The topological polar surface area (TPSA) is 47.3 Å². The monoisotopic (exact) mass is 256 g/mol. The molecule has 0 saturated carbocycles. The first-order chi connectivity index (χ1) is 8.13. The Morgan fingerprint density at radius 2 is 2.18 bits per heavy atom. The second-order valence-corrected chi connectivity index (χ2v) is 4.71. The summed E-state index contributed by atoms with van der Waals surface area (Å²) in [5, 5.41) is 0.621. The number of rotatable bonds is 6. The Kier molecular flexibility index (Phi) is 5.75. The third-order valence-corrected chi connectivity index (χ3v) is 3.34. The molecule has 0 aliphatic rings. The van der Waals surface area contributed by atoms with Gasteiger partial charge in [-0.3, -0.25) is 11.3 Å². The number of methoxy groups -OCH3 is 1. The lowest BCUT2D eigenvalue weighted by Gasteiger charge is -2.23. The number of nitrogens with one attached hydrogen (secondary N) is 1. The first-order valence-corrected chi connectivity index (χ1v) is 6.31. The molecule has 3 N–H and O–H groups in total. The van der Waals surface area contributed by atoms with Crippen molar-refractivity contribution in [3.63, 3.8) is 0 Å². The van der Waals surface area contributed by atoms with E-state index in [1.165, 1.54) is 0 Å². The maximum atomic E-state index is 6.01. The van der Waals surface area contributed by atoms with E-state index in [-0.39, 0.29) is 6.04 Å². The first-order valence-electron chi connectivity index (χ1n) is 5.93. The Morgan fingerprint density at radius 3 is 2.71 bits per heavy atom. The SMILES string of the molecule is CCCC(C)C(NN)c1ccc(Cl)c(OC)c1. The largest absolute Gasteiger partial charge is 0.495 e. The van der Waals surface area contributed by atoms with Crippen LogP contribution < -0.4 is 16.0 Å². The van der Waals surface area contributed by atoms with Crippen molar-refractivity contribution in [2.75, 3.05) is 7.11 Å².